The number of aliphatic carboxylic acids is 1. The highest BCUT2D eigenvalue weighted by Crippen LogP contribution is 2.40. The largest absolute Gasteiger partial charge is 0.479 e. The Labute approximate surface area is 182 Å². The van der Waals surface area contributed by atoms with Gasteiger partial charge in [0.25, 0.3) is 5.23 Å². The van der Waals surface area contributed by atoms with Gasteiger partial charge in [-0.2, -0.15) is 5.26 Å². The Kier molecular flexibility index (Phi) is 5.77. The number of hydrogen-bond acceptors (Lipinski definition) is 8. The number of hydrogen-bond donors (Lipinski definition) is 3. The van der Waals surface area contributed by atoms with E-state index < -0.39 is 29.7 Å². The van der Waals surface area contributed by atoms with Crippen molar-refractivity contribution in [3.8, 4) is 17.3 Å². The average Bonchev–Trinajstić information content (AvgIpc) is 3.10. The third-order valence-electron chi connectivity index (χ3n) is 5.40. The number of ether oxygens (including phenoxy) is 2. The quantitative estimate of drug-likeness (QED) is 0.657. The van der Waals surface area contributed by atoms with Gasteiger partial charge in [0.1, 0.15) is 29.4 Å². The average molecular weight is 443 g/mol. The van der Waals surface area contributed by atoms with Gasteiger partial charge in [-0.1, -0.05) is 6.07 Å². The molecule has 0 radical (unpaired) electrons. The Morgan fingerprint density at radius 3 is 2.77 bits per heavy atom. The van der Waals surface area contributed by atoms with Crippen LogP contribution < -0.4 is 0 Å². The SMILES string of the molecule is C[C@H]1OC(S[C@H]2C[C@@H](O)[C@H](O)[C@@H](C(=O)O)O2)=Nc2ccc(-c3ccc(C#N)n3C)cc21. The van der Waals surface area contributed by atoms with Gasteiger partial charge in [-0.3, -0.25) is 0 Å². The molecule has 9 nitrogen and oxygen atoms in total. The van der Waals surface area contributed by atoms with Gasteiger partial charge in [0.05, 0.1) is 11.8 Å². The number of carbonyl (C=O) groups is 1. The molecule has 0 spiro atoms. The first-order valence-corrected chi connectivity index (χ1v) is 10.5. The molecule has 1 fully saturated rings. The molecule has 31 heavy (non-hydrogen) atoms. The zero-order valence-corrected chi connectivity index (χ0v) is 17.6. The van der Waals surface area contributed by atoms with Crippen LogP contribution in [0.25, 0.3) is 11.3 Å². The van der Waals surface area contributed by atoms with Crippen molar-refractivity contribution < 1.29 is 29.6 Å². The second kappa shape index (κ2) is 8.36. The van der Waals surface area contributed by atoms with Crippen molar-refractivity contribution in [2.75, 3.05) is 0 Å². The van der Waals surface area contributed by atoms with Crippen LogP contribution in [0.3, 0.4) is 0 Å². The summed E-state index contributed by atoms with van der Waals surface area (Å²) >= 11 is 1.08. The Hall–Kier alpha value is -2.84. The fraction of sp³-hybridized carbons (Fsp3) is 0.381. The van der Waals surface area contributed by atoms with Gasteiger partial charge in [0, 0.05) is 24.7 Å². The lowest BCUT2D eigenvalue weighted by Crippen LogP contribution is -2.51. The Bertz CT molecular complexity index is 1090. The van der Waals surface area contributed by atoms with E-state index in [2.05, 4.69) is 11.1 Å². The molecule has 0 bridgehead atoms. The molecule has 0 aliphatic carbocycles. The highest BCUT2D eigenvalue weighted by Gasteiger charge is 2.42. The van der Waals surface area contributed by atoms with Crippen molar-refractivity contribution in [1.82, 2.24) is 4.57 Å². The number of rotatable bonds is 3. The maximum absolute atomic E-state index is 11.3. The molecule has 0 amide bonds. The van der Waals surface area contributed by atoms with Gasteiger partial charge >= 0.3 is 5.97 Å². The third kappa shape index (κ3) is 4.05. The van der Waals surface area contributed by atoms with E-state index in [1.54, 1.807) is 6.07 Å². The number of benzene rings is 1. The number of carboxylic acids is 1. The number of carboxylic acid groups (broad SMARTS) is 1. The van der Waals surface area contributed by atoms with Crippen LogP contribution in [0, 0.1) is 11.3 Å². The molecule has 4 rings (SSSR count). The minimum Gasteiger partial charge on any atom is -0.479 e. The smallest absolute Gasteiger partial charge is 0.335 e. The molecule has 2 aliphatic heterocycles. The summed E-state index contributed by atoms with van der Waals surface area (Å²) in [5.74, 6) is -1.34. The number of fused-ring (bicyclic) bond motifs is 1. The fourth-order valence-electron chi connectivity index (χ4n) is 3.68. The molecule has 1 aromatic carbocycles. The number of thioether (sulfide) groups is 1. The van der Waals surface area contributed by atoms with Crippen LogP contribution in [-0.4, -0.2) is 54.8 Å². The summed E-state index contributed by atoms with van der Waals surface area (Å²) in [4.78, 5) is 15.8. The lowest BCUT2D eigenvalue weighted by molar-refractivity contribution is -0.181. The first-order chi connectivity index (χ1) is 14.8. The summed E-state index contributed by atoms with van der Waals surface area (Å²) in [7, 11) is 1.83. The van der Waals surface area contributed by atoms with E-state index in [-0.39, 0.29) is 12.5 Å². The van der Waals surface area contributed by atoms with Gasteiger partial charge < -0.3 is 29.4 Å². The van der Waals surface area contributed by atoms with E-state index in [1.165, 1.54) is 0 Å². The van der Waals surface area contributed by atoms with Gasteiger partial charge in [-0.05, 0) is 48.5 Å². The van der Waals surface area contributed by atoms with Crippen LogP contribution in [0.1, 0.15) is 30.7 Å². The van der Waals surface area contributed by atoms with Gasteiger partial charge in [0.2, 0.25) is 0 Å². The molecule has 3 N–H and O–H groups in total. The fourth-order valence-corrected chi connectivity index (χ4v) is 4.72. The molecule has 0 unspecified atom stereocenters. The van der Waals surface area contributed by atoms with Crippen molar-refractivity contribution in [1.29, 1.82) is 5.26 Å². The van der Waals surface area contributed by atoms with Crippen LogP contribution in [0.5, 0.6) is 0 Å². The van der Waals surface area contributed by atoms with Crippen LogP contribution in [-0.2, 0) is 21.3 Å². The predicted molar refractivity (Wildman–Crippen MR) is 113 cm³/mol. The minimum atomic E-state index is -1.51. The number of aliphatic hydroxyl groups is 2. The standard InChI is InChI=1S/C21H21N3O6S/c1-10-13-7-11(15-6-4-12(9-22)24(15)2)3-5-14(13)23-21(29-10)31-17-8-16(25)18(26)19(30-17)20(27)28/h3-7,10,16-19,25-26H,8H2,1-2H3,(H,27,28)/t10-,16-,17+,18+,19+/m1/s1. The van der Waals surface area contributed by atoms with E-state index in [1.807, 2.05) is 42.8 Å². The normalized spacial score (nSPS) is 27.6. The van der Waals surface area contributed by atoms with Crippen molar-refractivity contribution in [2.45, 2.75) is 43.2 Å². The summed E-state index contributed by atoms with van der Waals surface area (Å²) in [6, 6.07) is 11.6. The van der Waals surface area contributed by atoms with Crippen molar-refractivity contribution in [3.63, 3.8) is 0 Å². The molecule has 1 aromatic heterocycles. The molecule has 2 aliphatic rings. The van der Waals surface area contributed by atoms with Crippen molar-refractivity contribution in [2.24, 2.45) is 12.0 Å². The van der Waals surface area contributed by atoms with E-state index >= 15 is 0 Å². The summed E-state index contributed by atoms with van der Waals surface area (Å²) in [6.45, 7) is 1.88. The maximum atomic E-state index is 11.3. The molecule has 3 heterocycles. The van der Waals surface area contributed by atoms with Crippen LogP contribution in [0.15, 0.2) is 35.3 Å². The molecule has 2 aromatic rings. The van der Waals surface area contributed by atoms with Crippen molar-refractivity contribution in [3.05, 3.63) is 41.6 Å². The number of aliphatic imine (C=N–C) groups is 1. The zero-order valence-electron chi connectivity index (χ0n) is 16.8. The van der Waals surface area contributed by atoms with E-state index in [0.717, 1.165) is 28.6 Å². The van der Waals surface area contributed by atoms with E-state index in [9.17, 15) is 25.4 Å². The molecule has 10 heteroatoms. The maximum Gasteiger partial charge on any atom is 0.335 e. The molecule has 162 valence electrons. The molecular weight excluding hydrogens is 422 g/mol. The first-order valence-electron chi connectivity index (χ1n) is 9.65. The van der Waals surface area contributed by atoms with E-state index in [0.29, 0.717) is 16.6 Å². The number of nitriles is 1. The zero-order chi connectivity index (χ0) is 22.3. The minimum absolute atomic E-state index is 0.0485. The molecule has 5 atom stereocenters. The summed E-state index contributed by atoms with van der Waals surface area (Å²) in [5.41, 5.74) is 3.27. The number of aliphatic hydroxyl groups excluding tert-OH is 2. The number of aromatic nitrogens is 1. The number of nitrogens with zero attached hydrogens (tertiary/aromatic N) is 3. The van der Waals surface area contributed by atoms with Crippen molar-refractivity contribution >= 4 is 28.6 Å². The molecule has 1 saturated heterocycles. The van der Waals surface area contributed by atoms with Gasteiger partial charge in [-0.15, -0.1) is 0 Å². The molecular formula is C21H21N3O6S. The summed E-state index contributed by atoms with van der Waals surface area (Å²) in [5, 5.41) is 38.5. The monoisotopic (exact) mass is 443 g/mol. The predicted octanol–water partition coefficient (Wildman–Crippen LogP) is 2.30. The van der Waals surface area contributed by atoms with Crippen LogP contribution >= 0.6 is 11.8 Å². The Balaban J connectivity index is 1.56. The van der Waals surface area contributed by atoms with Crippen LogP contribution in [0.2, 0.25) is 0 Å². The van der Waals surface area contributed by atoms with Gasteiger partial charge in [0.15, 0.2) is 6.10 Å². The second-order valence-electron chi connectivity index (χ2n) is 7.42. The summed E-state index contributed by atoms with van der Waals surface area (Å²) in [6.07, 6.45) is -4.48. The molecule has 0 saturated carbocycles. The Morgan fingerprint density at radius 2 is 2.10 bits per heavy atom. The van der Waals surface area contributed by atoms with E-state index in [4.69, 9.17) is 9.47 Å². The van der Waals surface area contributed by atoms with Crippen LogP contribution in [0.4, 0.5) is 5.69 Å². The van der Waals surface area contributed by atoms with Gasteiger partial charge in [-0.25, -0.2) is 9.79 Å². The highest BCUT2D eigenvalue weighted by atomic mass is 32.2. The third-order valence-corrected chi connectivity index (χ3v) is 6.35. The second-order valence-corrected chi connectivity index (χ2v) is 8.53. The highest BCUT2D eigenvalue weighted by molar-refractivity contribution is 8.13. The topological polar surface area (TPSA) is 137 Å². The lowest BCUT2D eigenvalue weighted by atomic mass is 10.0. The Morgan fingerprint density at radius 1 is 1.32 bits per heavy atom. The lowest BCUT2D eigenvalue weighted by Gasteiger charge is -2.35. The summed E-state index contributed by atoms with van der Waals surface area (Å²) < 4.78 is 13.1. The first kappa shape index (κ1) is 21.4.